The van der Waals surface area contributed by atoms with Crippen molar-refractivity contribution in [3.63, 3.8) is 0 Å². The number of nitrogens with one attached hydrogen (secondary N) is 2. The fourth-order valence-corrected chi connectivity index (χ4v) is 2.36. The quantitative estimate of drug-likeness (QED) is 0.727. The fraction of sp³-hybridized carbons (Fsp3) is 0.150. The maximum absolute atomic E-state index is 12.9. The molecule has 1 amide bonds. The van der Waals surface area contributed by atoms with Crippen LogP contribution in [-0.4, -0.2) is 16.1 Å². The van der Waals surface area contributed by atoms with Crippen molar-refractivity contribution in [1.29, 1.82) is 0 Å². The summed E-state index contributed by atoms with van der Waals surface area (Å²) in [4.78, 5) is 12.3. The number of aromatic nitrogens is 2. The van der Waals surface area contributed by atoms with E-state index in [0.29, 0.717) is 23.7 Å². The number of hydrogen-bond donors (Lipinski definition) is 2. The van der Waals surface area contributed by atoms with E-state index in [4.69, 9.17) is 0 Å². The van der Waals surface area contributed by atoms with Gasteiger partial charge in [-0.1, -0.05) is 18.2 Å². The Morgan fingerprint density at radius 1 is 0.923 bits per heavy atom. The first-order chi connectivity index (χ1) is 12.5. The van der Waals surface area contributed by atoms with Crippen molar-refractivity contribution >= 4 is 17.5 Å². The van der Waals surface area contributed by atoms with Crippen LogP contribution < -0.4 is 10.6 Å². The van der Waals surface area contributed by atoms with E-state index < -0.39 is 0 Å². The second-order valence-corrected chi connectivity index (χ2v) is 6.04. The number of hydrogen-bond acceptors (Lipinski definition) is 4. The summed E-state index contributed by atoms with van der Waals surface area (Å²) >= 11 is 0. The largest absolute Gasteiger partial charge is 0.365 e. The number of benzene rings is 2. The number of rotatable bonds is 5. The molecule has 0 saturated heterocycles. The van der Waals surface area contributed by atoms with Gasteiger partial charge in [0, 0.05) is 12.1 Å². The third-order valence-electron chi connectivity index (χ3n) is 4.06. The van der Waals surface area contributed by atoms with Crippen LogP contribution in [0, 0.1) is 19.7 Å². The summed E-state index contributed by atoms with van der Waals surface area (Å²) in [5, 5.41) is 13.9. The molecule has 3 aromatic rings. The molecule has 26 heavy (non-hydrogen) atoms. The van der Waals surface area contributed by atoms with Crippen molar-refractivity contribution in [1.82, 2.24) is 10.2 Å². The minimum Gasteiger partial charge on any atom is -0.365 e. The fourth-order valence-electron chi connectivity index (χ4n) is 2.36. The molecule has 0 bridgehead atoms. The summed E-state index contributed by atoms with van der Waals surface area (Å²) in [7, 11) is 0. The number of amides is 1. The molecule has 6 heteroatoms. The van der Waals surface area contributed by atoms with Gasteiger partial charge in [0.15, 0.2) is 5.82 Å². The smallest absolute Gasteiger partial charge is 0.256 e. The maximum atomic E-state index is 12.9. The summed E-state index contributed by atoms with van der Waals surface area (Å²) in [6.45, 7) is 4.47. The summed E-state index contributed by atoms with van der Waals surface area (Å²) in [5.74, 6) is 0.450. The molecule has 0 saturated carbocycles. The first kappa shape index (κ1) is 17.5. The lowest BCUT2D eigenvalue weighted by molar-refractivity contribution is 0.102. The van der Waals surface area contributed by atoms with E-state index in [1.807, 2.05) is 26.0 Å². The van der Waals surface area contributed by atoms with Gasteiger partial charge >= 0.3 is 0 Å². The molecule has 0 fully saturated rings. The molecule has 0 radical (unpaired) electrons. The van der Waals surface area contributed by atoms with Gasteiger partial charge in [-0.2, -0.15) is 0 Å². The lowest BCUT2D eigenvalue weighted by Crippen LogP contribution is -2.14. The van der Waals surface area contributed by atoms with Gasteiger partial charge in [0.25, 0.3) is 5.91 Å². The Hall–Kier alpha value is -3.28. The van der Waals surface area contributed by atoms with Gasteiger partial charge in [0.1, 0.15) is 11.6 Å². The molecule has 0 spiro atoms. The summed E-state index contributed by atoms with van der Waals surface area (Å²) in [5.41, 5.74) is 3.70. The predicted molar refractivity (Wildman–Crippen MR) is 99.6 cm³/mol. The van der Waals surface area contributed by atoms with Crippen LogP contribution in [0.2, 0.25) is 0 Å². The maximum Gasteiger partial charge on any atom is 0.256 e. The molecule has 0 aliphatic rings. The zero-order chi connectivity index (χ0) is 18.5. The van der Waals surface area contributed by atoms with Crippen LogP contribution in [0.5, 0.6) is 0 Å². The molecule has 5 nitrogen and oxygen atoms in total. The van der Waals surface area contributed by atoms with Gasteiger partial charge in [0.05, 0.1) is 0 Å². The van der Waals surface area contributed by atoms with Crippen molar-refractivity contribution in [2.45, 2.75) is 20.4 Å². The van der Waals surface area contributed by atoms with Crippen LogP contribution in [0.25, 0.3) is 0 Å². The highest BCUT2D eigenvalue weighted by Gasteiger charge is 2.08. The molecule has 1 heterocycles. The van der Waals surface area contributed by atoms with Gasteiger partial charge in [-0.05, 0) is 66.9 Å². The number of carbonyl (C=O) groups excluding carboxylic acids is 1. The minimum atomic E-state index is -0.266. The highest BCUT2D eigenvalue weighted by molar-refractivity contribution is 6.03. The van der Waals surface area contributed by atoms with E-state index in [1.54, 1.807) is 30.3 Å². The van der Waals surface area contributed by atoms with Crippen LogP contribution in [0.15, 0.2) is 54.6 Å². The van der Waals surface area contributed by atoms with E-state index in [2.05, 4.69) is 20.8 Å². The van der Waals surface area contributed by atoms with Gasteiger partial charge < -0.3 is 10.6 Å². The van der Waals surface area contributed by atoms with Crippen LogP contribution in [0.3, 0.4) is 0 Å². The third kappa shape index (κ3) is 4.42. The lowest BCUT2D eigenvalue weighted by Gasteiger charge is -2.08. The second-order valence-electron chi connectivity index (χ2n) is 6.04. The van der Waals surface area contributed by atoms with Gasteiger partial charge in [0.2, 0.25) is 0 Å². The van der Waals surface area contributed by atoms with E-state index in [1.165, 1.54) is 12.1 Å². The summed E-state index contributed by atoms with van der Waals surface area (Å²) < 4.78 is 12.9. The molecule has 3 rings (SSSR count). The summed E-state index contributed by atoms with van der Waals surface area (Å²) in [6.07, 6.45) is 0. The topological polar surface area (TPSA) is 66.9 Å². The number of carbonyl (C=O) groups is 1. The second kappa shape index (κ2) is 7.74. The van der Waals surface area contributed by atoms with Crippen LogP contribution in [0.4, 0.5) is 16.0 Å². The Bertz CT molecular complexity index is 908. The Balaban J connectivity index is 1.59. The number of nitrogens with zero attached hydrogens (tertiary/aromatic N) is 2. The molecule has 0 aliphatic carbocycles. The monoisotopic (exact) mass is 350 g/mol. The SMILES string of the molecule is Cc1ccc(C(=O)Nc2ccc(NCc3ccc(F)cc3)nn2)cc1C. The molecule has 2 aromatic carbocycles. The van der Waals surface area contributed by atoms with Crippen molar-refractivity contribution < 1.29 is 9.18 Å². The van der Waals surface area contributed by atoms with Crippen molar-refractivity contribution in [3.05, 3.63) is 82.7 Å². The third-order valence-corrected chi connectivity index (χ3v) is 4.06. The van der Waals surface area contributed by atoms with E-state index in [0.717, 1.165) is 16.7 Å². The van der Waals surface area contributed by atoms with Gasteiger partial charge in [-0.15, -0.1) is 10.2 Å². The highest BCUT2D eigenvalue weighted by atomic mass is 19.1. The summed E-state index contributed by atoms with van der Waals surface area (Å²) in [6, 6.07) is 15.2. The average molecular weight is 350 g/mol. The molecular weight excluding hydrogens is 331 g/mol. The molecule has 0 aliphatic heterocycles. The van der Waals surface area contributed by atoms with Crippen molar-refractivity contribution in [2.24, 2.45) is 0 Å². The molecule has 2 N–H and O–H groups in total. The van der Waals surface area contributed by atoms with Crippen LogP contribution in [0.1, 0.15) is 27.0 Å². The Morgan fingerprint density at radius 2 is 1.62 bits per heavy atom. The number of aryl methyl sites for hydroxylation is 2. The van der Waals surface area contributed by atoms with E-state index >= 15 is 0 Å². The predicted octanol–water partition coefficient (Wildman–Crippen LogP) is 4.10. The number of anilines is 2. The van der Waals surface area contributed by atoms with E-state index in [9.17, 15) is 9.18 Å². The standard InChI is InChI=1S/C20H19FN4O/c1-13-3-6-16(11-14(13)2)20(26)23-19-10-9-18(24-25-19)22-12-15-4-7-17(21)8-5-15/h3-11H,12H2,1-2H3,(H,22,24)(H,23,25,26). The molecule has 132 valence electrons. The molecule has 0 atom stereocenters. The average Bonchev–Trinajstić information content (AvgIpc) is 2.64. The number of halogens is 1. The first-order valence-corrected chi connectivity index (χ1v) is 8.22. The van der Waals surface area contributed by atoms with Crippen LogP contribution in [-0.2, 0) is 6.54 Å². The lowest BCUT2D eigenvalue weighted by atomic mass is 10.1. The highest BCUT2D eigenvalue weighted by Crippen LogP contribution is 2.13. The molecular formula is C20H19FN4O. The van der Waals surface area contributed by atoms with E-state index in [-0.39, 0.29) is 11.7 Å². The molecule has 0 unspecified atom stereocenters. The van der Waals surface area contributed by atoms with Gasteiger partial charge in [-0.3, -0.25) is 4.79 Å². The normalized spacial score (nSPS) is 10.4. The van der Waals surface area contributed by atoms with Crippen LogP contribution >= 0.6 is 0 Å². The minimum absolute atomic E-state index is 0.227. The Labute approximate surface area is 151 Å². The first-order valence-electron chi connectivity index (χ1n) is 8.22. The van der Waals surface area contributed by atoms with Crippen molar-refractivity contribution in [2.75, 3.05) is 10.6 Å². The Morgan fingerprint density at radius 3 is 2.27 bits per heavy atom. The molecule has 1 aromatic heterocycles. The van der Waals surface area contributed by atoms with Crippen molar-refractivity contribution in [3.8, 4) is 0 Å². The zero-order valence-electron chi connectivity index (χ0n) is 14.6. The van der Waals surface area contributed by atoms with Gasteiger partial charge in [-0.25, -0.2) is 4.39 Å². The Kier molecular flexibility index (Phi) is 5.22. The zero-order valence-corrected chi connectivity index (χ0v) is 14.6.